The van der Waals surface area contributed by atoms with Crippen molar-refractivity contribution in [2.45, 2.75) is 24.8 Å². The summed E-state index contributed by atoms with van der Waals surface area (Å²) in [5.74, 6) is 0.770. The molecule has 1 heterocycles. The largest absolute Gasteiger partial charge is 0.379 e. The Morgan fingerprint density at radius 2 is 1.86 bits per heavy atom. The summed E-state index contributed by atoms with van der Waals surface area (Å²) in [4.78, 5) is 7.24. The van der Waals surface area contributed by atoms with E-state index in [9.17, 15) is 8.42 Å². The highest BCUT2D eigenvalue weighted by Crippen LogP contribution is 2.10. The van der Waals surface area contributed by atoms with Gasteiger partial charge in [-0.25, -0.2) is 18.1 Å². The Morgan fingerprint density at radius 3 is 2.46 bits per heavy atom. The van der Waals surface area contributed by atoms with E-state index < -0.39 is 10.0 Å². The van der Waals surface area contributed by atoms with E-state index >= 15 is 0 Å². The average Bonchev–Trinajstić information content (AvgIpc) is 2.70. The van der Waals surface area contributed by atoms with Gasteiger partial charge in [-0.15, -0.1) is 24.0 Å². The lowest BCUT2D eigenvalue weighted by atomic mass is 10.2. The van der Waals surface area contributed by atoms with Crippen LogP contribution in [0.3, 0.4) is 0 Å². The van der Waals surface area contributed by atoms with Gasteiger partial charge >= 0.3 is 0 Å². The lowest BCUT2D eigenvalue weighted by Gasteiger charge is -2.26. The van der Waals surface area contributed by atoms with E-state index in [1.807, 2.05) is 6.92 Å². The zero-order valence-corrected chi connectivity index (χ0v) is 19.8. The number of ether oxygens (including phenoxy) is 1. The predicted octanol–water partition coefficient (Wildman–Crippen LogP) is 0.990. The van der Waals surface area contributed by atoms with Crippen LogP contribution in [0.5, 0.6) is 0 Å². The maximum Gasteiger partial charge on any atom is 0.240 e. The first-order valence-corrected chi connectivity index (χ1v) is 10.9. The summed E-state index contributed by atoms with van der Waals surface area (Å²) in [6.45, 7) is 8.87. The fraction of sp³-hybridized carbons (Fsp3) is 0.611. The Labute approximate surface area is 185 Å². The van der Waals surface area contributed by atoms with Crippen LogP contribution in [0.1, 0.15) is 18.9 Å². The first-order valence-electron chi connectivity index (χ1n) is 9.40. The van der Waals surface area contributed by atoms with Gasteiger partial charge < -0.3 is 15.4 Å². The monoisotopic (exact) mass is 525 g/mol. The Kier molecular flexibility index (Phi) is 11.9. The highest BCUT2D eigenvalue weighted by atomic mass is 127. The molecule has 1 aromatic rings. The molecule has 10 heteroatoms. The summed E-state index contributed by atoms with van der Waals surface area (Å²) in [6.07, 6.45) is 1.04. The summed E-state index contributed by atoms with van der Waals surface area (Å²) >= 11 is 0. The second kappa shape index (κ2) is 13.3. The molecule has 1 aromatic carbocycles. The molecule has 28 heavy (non-hydrogen) atoms. The molecule has 0 spiro atoms. The van der Waals surface area contributed by atoms with Gasteiger partial charge in [-0.2, -0.15) is 0 Å². The van der Waals surface area contributed by atoms with Crippen molar-refractivity contribution in [2.24, 2.45) is 4.99 Å². The standard InChI is InChI=1S/C18H31N5O3S.HI/c1-3-20-18(21-9-4-10-23-11-13-26-14-12-23)22-15-16-5-7-17(8-6-16)27(24,25)19-2;/h5-8,19H,3-4,9-15H2,1-2H3,(H2,20,21,22);1H. The fourth-order valence-electron chi connectivity index (χ4n) is 2.74. The molecule has 2 rings (SSSR count). The van der Waals surface area contributed by atoms with Crippen molar-refractivity contribution in [3.8, 4) is 0 Å². The Morgan fingerprint density at radius 1 is 1.18 bits per heavy atom. The van der Waals surface area contributed by atoms with Crippen molar-refractivity contribution >= 4 is 40.0 Å². The zero-order chi connectivity index (χ0) is 19.5. The maximum absolute atomic E-state index is 11.8. The number of nitrogens with one attached hydrogen (secondary N) is 3. The summed E-state index contributed by atoms with van der Waals surface area (Å²) in [7, 11) is -2.00. The van der Waals surface area contributed by atoms with Crippen LogP contribution >= 0.6 is 24.0 Å². The van der Waals surface area contributed by atoms with Gasteiger partial charge in [0.1, 0.15) is 0 Å². The normalized spacial score (nSPS) is 15.7. The van der Waals surface area contributed by atoms with Gasteiger partial charge in [-0.3, -0.25) is 4.90 Å². The first-order chi connectivity index (χ1) is 13.0. The van der Waals surface area contributed by atoms with E-state index in [4.69, 9.17) is 4.74 Å². The number of aliphatic imine (C=N–C) groups is 1. The molecule has 1 fully saturated rings. The van der Waals surface area contributed by atoms with Crippen LogP contribution in [-0.2, 0) is 21.3 Å². The molecule has 0 atom stereocenters. The number of benzene rings is 1. The van der Waals surface area contributed by atoms with E-state index in [-0.39, 0.29) is 28.9 Å². The zero-order valence-electron chi connectivity index (χ0n) is 16.6. The van der Waals surface area contributed by atoms with Gasteiger partial charge in [0, 0.05) is 26.2 Å². The van der Waals surface area contributed by atoms with Gasteiger partial charge in [-0.05, 0) is 44.6 Å². The lowest BCUT2D eigenvalue weighted by Crippen LogP contribution is -2.40. The Bertz CT molecular complexity index is 692. The molecule has 0 saturated carbocycles. The van der Waals surface area contributed by atoms with Crippen LogP contribution in [0.25, 0.3) is 0 Å². The number of halogens is 1. The minimum absolute atomic E-state index is 0. The van der Waals surface area contributed by atoms with E-state index in [2.05, 4.69) is 25.2 Å². The quantitative estimate of drug-likeness (QED) is 0.193. The smallest absolute Gasteiger partial charge is 0.240 e. The highest BCUT2D eigenvalue weighted by Gasteiger charge is 2.11. The first kappa shape index (κ1) is 25.1. The van der Waals surface area contributed by atoms with Crippen molar-refractivity contribution in [1.29, 1.82) is 0 Å². The van der Waals surface area contributed by atoms with Crippen LogP contribution in [0, 0.1) is 0 Å². The topological polar surface area (TPSA) is 95.1 Å². The van der Waals surface area contributed by atoms with Gasteiger partial charge in [-0.1, -0.05) is 12.1 Å². The van der Waals surface area contributed by atoms with Crippen molar-refractivity contribution in [2.75, 3.05) is 53.0 Å². The highest BCUT2D eigenvalue weighted by molar-refractivity contribution is 14.0. The molecular formula is C18H32IN5O3S. The van der Waals surface area contributed by atoms with Crippen LogP contribution in [-0.4, -0.2) is 72.3 Å². The fourth-order valence-corrected chi connectivity index (χ4v) is 3.47. The number of morpholine rings is 1. The van der Waals surface area contributed by atoms with Crippen molar-refractivity contribution in [3.63, 3.8) is 0 Å². The van der Waals surface area contributed by atoms with Crippen molar-refractivity contribution in [3.05, 3.63) is 29.8 Å². The maximum atomic E-state index is 11.8. The van der Waals surface area contributed by atoms with Gasteiger partial charge in [0.15, 0.2) is 5.96 Å². The SMILES string of the molecule is CCNC(=NCc1ccc(S(=O)(=O)NC)cc1)NCCCN1CCOCC1.I. The van der Waals surface area contributed by atoms with Crippen molar-refractivity contribution < 1.29 is 13.2 Å². The molecule has 3 N–H and O–H groups in total. The molecule has 160 valence electrons. The Balaban J connectivity index is 0.00000392. The van der Waals surface area contributed by atoms with Crippen LogP contribution in [0.15, 0.2) is 34.2 Å². The number of hydrogen-bond donors (Lipinski definition) is 3. The van der Waals surface area contributed by atoms with Crippen LogP contribution < -0.4 is 15.4 Å². The summed E-state index contributed by atoms with van der Waals surface area (Å²) in [5, 5.41) is 6.59. The second-order valence-electron chi connectivity index (χ2n) is 6.28. The minimum atomic E-state index is -3.40. The molecule has 0 aromatic heterocycles. The number of nitrogens with zero attached hydrogens (tertiary/aromatic N) is 2. The lowest BCUT2D eigenvalue weighted by molar-refractivity contribution is 0.0376. The van der Waals surface area contributed by atoms with Crippen molar-refractivity contribution in [1.82, 2.24) is 20.3 Å². The number of hydrogen-bond acceptors (Lipinski definition) is 5. The second-order valence-corrected chi connectivity index (χ2v) is 8.17. The van der Waals surface area contributed by atoms with Crippen LogP contribution in [0.4, 0.5) is 0 Å². The third-order valence-corrected chi connectivity index (χ3v) is 5.74. The molecule has 0 unspecified atom stereocenters. The molecule has 0 amide bonds. The predicted molar refractivity (Wildman–Crippen MR) is 123 cm³/mol. The third-order valence-electron chi connectivity index (χ3n) is 4.31. The summed E-state index contributed by atoms with van der Waals surface area (Å²) in [6, 6.07) is 6.77. The van der Waals surface area contributed by atoms with E-state index in [0.717, 1.165) is 63.9 Å². The van der Waals surface area contributed by atoms with Gasteiger partial charge in [0.25, 0.3) is 0 Å². The average molecular weight is 525 g/mol. The molecule has 1 aliphatic rings. The minimum Gasteiger partial charge on any atom is -0.379 e. The van der Waals surface area contributed by atoms with Gasteiger partial charge in [0.2, 0.25) is 10.0 Å². The number of guanidine groups is 1. The van der Waals surface area contributed by atoms with E-state index in [0.29, 0.717) is 6.54 Å². The molecular weight excluding hydrogens is 493 g/mol. The Hall–Kier alpha value is -0.950. The molecule has 1 aliphatic heterocycles. The third kappa shape index (κ3) is 8.60. The summed E-state index contributed by atoms with van der Waals surface area (Å²) in [5.41, 5.74) is 0.954. The number of rotatable bonds is 9. The summed E-state index contributed by atoms with van der Waals surface area (Å²) < 4.78 is 31.2. The number of sulfonamides is 1. The molecule has 1 saturated heterocycles. The molecule has 0 radical (unpaired) electrons. The van der Waals surface area contributed by atoms with E-state index in [1.54, 1.807) is 24.3 Å². The molecule has 8 nitrogen and oxygen atoms in total. The molecule has 0 aliphatic carbocycles. The van der Waals surface area contributed by atoms with Crippen LogP contribution in [0.2, 0.25) is 0 Å². The van der Waals surface area contributed by atoms with E-state index in [1.165, 1.54) is 7.05 Å². The molecule has 0 bridgehead atoms. The van der Waals surface area contributed by atoms with Gasteiger partial charge in [0.05, 0.1) is 24.7 Å².